The van der Waals surface area contributed by atoms with Crippen molar-refractivity contribution in [2.75, 3.05) is 24.2 Å². The van der Waals surface area contributed by atoms with Gasteiger partial charge in [0.1, 0.15) is 0 Å². The van der Waals surface area contributed by atoms with Crippen molar-refractivity contribution in [3.05, 3.63) is 60.2 Å². The van der Waals surface area contributed by atoms with Crippen LogP contribution in [0.25, 0.3) is 0 Å². The second-order valence-electron chi connectivity index (χ2n) is 4.88. The lowest BCUT2D eigenvalue weighted by Crippen LogP contribution is -2.32. The zero-order valence-electron chi connectivity index (χ0n) is 13.1. The molecule has 0 aliphatic heterocycles. The highest BCUT2D eigenvalue weighted by molar-refractivity contribution is 5.99. The first kappa shape index (κ1) is 17.0. The van der Waals surface area contributed by atoms with Crippen molar-refractivity contribution < 1.29 is 14.4 Å². The topological polar surface area (TPSA) is 99.3 Å². The molecule has 2 aromatic carbocycles. The molecule has 7 heteroatoms. The lowest BCUT2D eigenvalue weighted by Gasteiger charge is -2.09. The number of amides is 4. The fourth-order valence-corrected chi connectivity index (χ4v) is 1.93. The first-order valence-electron chi connectivity index (χ1n) is 7.30. The van der Waals surface area contributed by atoms with E-state index in [-0.39, 0.29) is 24.4 Å². The number of hydrogen-bond acceptors (Lipinski definition) is 3. The molecule has 0 spiro atoms. The van der Waals surface area contributed by atoms with Crippen LogP contribution >= 0.6 is 0 Å². The molecule has 0 aromatic heterocycles. The molecule has 0 fully saturated rings. The second kappa shape index (κ2) is 8.33. The summed E-state index contributed by atoms with van der Waals surface area (Å²) in [4.78, 5) is 35.0. The van der Waals surface area contributed by atoms with Crippen LogP contribution in [0.3, 0.4) is 0 Å². The van der Waals surface area contributed by atoms with Crippen LogP contribution in [0.4, 0.5) is 16.2 Å². The fraction of sp³-hybridized carbons (Fsp3) is 0.118. The van der Waals surface area contributed by atoms with Crippen molar-refractivity contribution in [2.24, 2.45) is 0 Å². The van der Waals surface area contributed by atoms with E-state index in [1.807, 2.05) is 6.07 Å². The van der Waals surface area contributed by atoms with E-state index in [9.17, 15) is 14.4 Å². The monoisotopic (exact) mass is 326 g/mol. The van der Waals surface area contributed by atoms with Crippen LogP contribution in [0.1, 0.15) is 10.4 Å². The number of nitrogens with one attached hydrogen (secondary N) is 4. The van der Waals surface area contributed by atoms with Crippen molar-refractivity contribution in [1.29, 1.82) is 0 Å². The third-order valence-electron chi connectivity index (χ3n) is 3.08. The van der Waals surface area contributed by atoms with E-state index in [1.165, 1.54) is 7.05 Å². The highest BCUT2D eigenvalue weighted by atomic mass is 16.2. The molecule has 24 heavy (non-hydrogen) atoms. The molecule has 0 bridgehead atoms. The summed E-state index contributed by atoms with van der Waals surface area (Å²) in [5, 5.41) is 10.2. The van der Waals surface area contributed by atoms with E-state index >= 15 is 0 Å². The summed E-state index contributed by atoms with van der Waals surface area (Å²) < 4.78 is 0. The smallest absolute Gasteiger partial charge is 0.318 e. The summed E-state index contributed by atoms with van der Waals surface area (Å²) in [6.45, 7) is -0.152. The Morgan fingerprint density at radius 3 is 2.21 bits per heavy atom. The Hall–Kier alpha value is -3.35. The van der Waals surface area contributed by atoms with Crippen LogP contribution in [0.2, 0.25) is 0 Å². The van der Waals surface area contributed by atoms with E-state index in [0.717, 1.165) is 0 Å². The Balaban J connectivity index is 1.87. The molecular formula is C17H18N4O3. The Labute approximate surface area is 139 Å². The van der Waals surface area contributed by atoms with E-state index < -0.39 is 0 Å². The number of rotatable bonds is 5. The van der Waals surface area contributed by atoms with Crippen LogP contribution < -0.4 is 21.3 Å². The minimum Gasteiger partial charge on any atom is -0.343 e. The van der Waals surface area contributed by atoms with Crippen LogP contribution in [-0.2, 0) is 4.79 Å². The van der Waals surface area contributed by atoms with Crippen molar-refractivity contribution in [1.82, 2.24) is 10.6 Å². The predicted molar refractivity (Wildman–Crippen MR) is 91.9 cm³/mol. The fourth-order valence-electron chi connectivity index (χ4n) is 1.93. The largest absolute Gasteiger partial charge is 0.343 e. The Morgan fingerprint density at radius 2 is 1.54 bits per heavy atom. The minimum atomic E-state index is -0.364. The second-order valence-corrected chi connectivity index (χ2v) is 4.88. The van der Waals surface area contributed by atoms with Gasteiger partial charge in [-0.25, -0.2) is 4.79 Å². The van der Waals surface area contributed by atoms with Gasteiger partial charge in [-0.2, -0.15) is 0 Å². The average molecular weight is 326 g/mol. The van der Waals surface area contributed by atoms with Crippen LogP contribution in [0, 0.1) is 0 Å². The minimum absolute atomic E-state index is 0.152. The van der Waals surface area contributed by atoms with Crippen LogP contribution in [0.15, 0.2) is 54.6 Å². The Bertz CT molecular complexity index is 732. The number of hydrogen-bond donors (Lipinski definition) is 4. The third-order valence-corrected chi connectivity index (χ3v) is 3.08. The summed E-state index contributed by atoms with van der Waals surface area (Å²) in [5.41, 5.74) is 1.55. The van der Waals surface area contributed by atoms with Gasteiger partial charge >= 0.3 is 6.03 Å². The molecule has 2 aromatic rings. The summed E-state index contributed by atoms with van der Waals surface area (Å²) >= 11 is 0. The molecule has 4 N–H and O–H groups in total. The summed E-state index contributed by atoms with van der Waals surface area (Å²) in [6, 6.07) is 15.0. The maximum Gasteiger partial charge on any atom is 0.318 e. The number of carbonyl (C=O) groups is 3. The molecule has 0 aliphatic rings. The molecule has 7 nitrogen and oxygen atoms in total. The van der Waals surface area contributed by atoms with E-state index in [0.29, 0.717) is 16.9 Å². The average Bonchev–Trinajstić information content (AvgIpc) is 2.60. The molecule has 0 atom stereocenters. The van der Waals surface area contributed by atoms with Gasteiger partial charge in [-0.1, -0.05) is 24.3 Å². The lowest BCUT2D eigenvalue weighted by atomic mass is 10.2. The van der Waals surface area contributed by atoms with Crippen LogP contribution in [0.5, 0.6) is 0 Å². The van der Waals surface area contributed by atoms with Crippen molar-refractivity contribution in [3.8, 4) is 0 Å². The zero-order valence-corrected chi connectivity index (χ0v) is 13.1. The van der Waals surface area contributed by atoms with Gasteiger partial charge in [0.25, 0.3) is 5.91 Å². The van der Waals surface area contributed by atoms with Gasteiger partial charge in [0, 0.05) is 24.0 Å². The van der Waals surface area contributed by atoms with Crippen molar-refractivity contribution in [3.63, 3.8) is 0 Å². The highest BCUT2D eigenvalue weighted by Crippen LogP contribution is 2.14. The molecule has 4 amide bonds. The van der Waals surface area contributed by atoms with E-state index in [4.69, 9.17) is 0 Å². The normalized spacial score (nSPS) is 9.71. The summed E-state index contributed by atoms with van der Waals surface area (Å²) in [6.07, 6.45) is 0. The van der Waals surface area contributed by atoms with E-state index in [1.54, 1.807) is 48.5 Å². The molecule has 0 radical (unpaired) electrons. The zero-order chi connectivity index (χ0) is 17.4. The molecule has 2 rings (SSSR count). The molecule has 0 heterocycles. The first-order valence-corrected chi connectivity index (χ1v) is 7.30. The van der Waals surface area contributed by atoms with Crippen molar-refractivity contribution >= 4 is 29.2 Å². The summed E-state index contributed by atoms with van der Waals surface area (Å²) in [7, 11) is 1.51. The molecule has 0 saturated carbocycles. The maximum absolute atomic E-state index is 11.9. The van der Waals surface area contributed by atoms with Gasteiger partial charge < -0.3 is 21.3 Å². The van der Waals surface area contributed by atoms with Crippen molar-refractivity contribution in [2.45, 2.75) is 0 Å². The van der Waals surface area contributed by atoms with Gasteiger partial charge in [0.15, 0.2) is 0 Å². The molecular weight excluding hydrogens is 308 g/mol. The quantitative estimate of drug-likeness (QED) is 0.674. The Kier molecular flexibility index (Phi) is 5.90. The standard InChI is InChI=1S/C17H18N4O3/c1-18-17(24)21-14-9-5-8-13(10-14)20-15(22)11-19-16(23)12-6-3-2-4-7-12/h2-10H,11H2,1H3,(H,19,23)(H,20,22)(H2,18,21,24). The summed E-state index contributed by atoms with van der Waals surface area (Å²) in [5.74, 6) is -0.683. The number of benzene rings is 2. The number of carbonyl (C=O) groups excluding carboxylic acids is 3. The SMILES string of the molecule is CNC(=O)Nc1cccc(NC(=O)CNC(=O)c2ccccc2)c1. The predicted octanol–water partition coefficient (Wildman–Crippen LogP) is 1.81. The molecule has 0 aliphatic carbocycles. The molecule has 0 unspecified atom stereocenters. The molecule has 0 saturated heterocycles. The van der Waals surface area contributed by atoms with Gasteiger partial charge in [-0.3, -0.25) is 9.59 Å². The Morgan fingerprint density at radius 1 is 0.875 bits per heavy atom. The third kappa shape index (κ3) is 5.13. The van der Waals surface area contributed by atoms with Gasteiger partial charge in [0.05, 0.1) is 6.54 Å². The lowest BCUT2D eigenvalue weighted by molar-refractivity contribution is -0.115. The van der Waals surface area contributed by atoms with E-state index in [2.05, 4.69) is 21.3 Å². The maximum atomic E-state index is 11.9. The van der Waals surface area contributed by atoms with Crippen LogP contribution in [-0.4, -0.2) is 31.4 Å². The number of anilines is 2. The highest BCUT2D eigenvalue weighted by Gasteiger charge is 2.08. The van der Waals surface area contributed by atoms with Gasteiger partial charge in [-0.15, -0.1) is 0 Å². The van der Waals surface area contributed by atoms with Gasteiger partial charge in [-0.05, 0) is 30.3 Å². The molecule has 124 valence electrons. The first-order chi connectivity index (χ1) is 11.6. The van der Waals surface area contributed by atoms with Gasteiger partial charge in [0.2, 0.25) is 5.91 Å². The number of urea groups is 1.